The highest BCUT2D eigenvalue weighted by molar-refractivity contribution is 5.78. The number of anilines is 2. The lowest BCUT2D eigenvalue weighted by Gasteiger charge is -2.21. The molecule has 1 unspecified atom stereocenters. The van der Waals surface area contributed by atoms with Gasteiger partial charge < -0.3 is 9.80 Å². The smallest absolute Gasteiger partial charge is 0.191 e. The standard InChI is InChI=1S/C26H37N9/c1-10-12-13-26(11-2)16-35(26)24-20(17(3)18(14-27)22(29-24)33(7)8)30-31-23-19(15-28)21(25(4,5)6)32-34(23)9/h10-13,16H2,1-9H3. The van der Waals surface area contributed by atoms with Crippen molar-refractivity contribution in [1.29, 1.82) is 10.5 Å². The van der Waals surface area contributed by atoms with Crippen LogP contribution in [0.3, 0.4) is 0 Å². The Labute approximate surface area is 209 Å². The maximum Gasteiger partial charge on any atom is 0.191 e. The largest absolute Gasteiger partial charge is 0.362 e. The molecule has 35 heavy (non-hydrogen) atoms. The number of hydrogen-bond acceptors (Lipinski definition) is 8. The fourth-order valence-corrected chi connectivity index (χ4v) is 4.54. The number of unbranched alkanes of at least 4 members (excludes halogenated alkanes) is 1. The number of nitriles is 2. The number of nitrogens with zero attached hydrogens (tertiary/aromatic N) is 9. The maximum atomic E-state index is 9.93. The molecular formula is C26H37N9. The van der Waals surface area contributed by atoms with Gasteiger partial charge in [-0.2, -0.15) is 15.6 Å². The zero-order chi connectivity index (χ0) is 26.1. The summed E-state index contributed by atoms with van der Waals surface area (Å²) in [5.41, 5.74) is 2.63. The lowest BCUT2D eigenvalue weighted by Crippen LogP contribution is -2.20. The molecule has 1 aliphatic rings. The molecule has 0 saturated carbocycles. The van der Waals surface area contributed by atoms with E-state index >= 15 is 0 Å². The van der Waals surface area contributed by atoms with Crippen LogP contribution < -0.4 is 9.80 Å². The van der Waals surface area contributed by atoms with Gasteiger partial charge in [-0.05, 0) is 19.8 Å². The Morgan fingerprint density at radius 3 is 2.29 bits per heavy atom. The summed E-state index contributed by atoms with van der Waals surface area (Å²) in [5.74, 6) is 1.76. The van der Waals surface area contributed by atoms with Crippen LogP contribution >= 0.6 is 0 Å². The van der Waals surface area contributed by atoms with Crippen LogP contribution in [0.2, 0.25) is 0 Å². The molecule has 0 aliphatic carbocycles. The molecule has 0 spiro atoms. The molecule has 1 atom stereocenters. The number of aromatic nitrogens is 3. The summed E-state index contributed by atoms with van der Waals surface area (Å²) in [6.07, 6.45) is 4.38. The van der Waals surface area contributed by atoms with Gasteiger partial charge in [0.1, 0.15) is 29.2 Å². The number of aryl methyl sites for hydroxylation is 1. The second kappa shape index (κ2) is 9.65. The van der Waals surface area contributed by atoms with Gasteiger partial charge in [-0.25, -0.2) is 9.67 Å². The van der Waals surface area contributed by atoms with Gasteiger partial charge >= 0.3 is 0 Å². The molecule has 1 fully saturated rings. The molecule has 9 heteroatoms. The molecule has 0 amide bonds. The van der Waals surface area contributed by atoms with Crippen molar-refractivity contribution in [3.05, 3.63) is 22.4 Å². The van der Waals surface area contributed by atoms with Gasteiger partial charge in [0.2, 0.25) is 0 Å². The molecule has 0 aromatic carbocycles. The SMILES string of the molecule is CCCCC1(CC)CN1c1nc(N(C)C)c(C#N)c(C)c1N=Nc1c(C#N)c(C(C)(C)C)nn1C. The predicted octanol–water partition coefficient (Wildman–Crippen LogP) is 5.80. The quantitative estimate of drug-likeness (QED) is 0.352. The third-order valence-electron chi connectivity index (χ3n) is 6.83. The first-order valence-electron chi connectivity index (χ1n) is 12.2. The fourth-order valence-electron chi connectivity index (χ4n) is 4.54. The summed E-state index contributed by atoms with van der Waals surface area (Å²) in [4.78, 5) is 9.09. The van der Waals surface area contributed by atoms with Crippen LogP contribution in [0.25, 0.3) is 0 Å². The second-order valence-corrected chi connectivity index (χ2v) is 10.6. The number of pyridine rings is 1. The third kappa shape index (κ3) is 4.73. The average Bonchev–Trinajstić information content (AvgIpc) is 3.43. The lowest BCUT2D eigenvalue weighted by atomic mass is 9.90. The fraction of sp³-hybridized carbons (Fsp3) is 0.615. The molecule has 1 aliphatic heterocycles. The normalized spacial score (nSPS) is 17.5. The van der Waals surface area contributed by atoms with E-state index in [4.69, 9.17) is 4.98 Å². The van der Waals surface area contributed by atoms with Crippen LogP contribution in [-0.4, -0.2) is 40.9 Å². The van der Waals surface area contributed by atoms with Gasteiger partial charge in [0.15, 0.2) is 11.6 Å². The Morgan fingerprint density at radius 1 is 1.11 bits per heavy atom. The van der Waals surface area contributed by atoms with Crippen LogP contribution in [0.15, 0.2) is 10.2 Å². The molecule has 0 bridgehead atoms. The predicted molar refractivity (Wildman–Crippen MR) is 139 cm³/mol. The molecule has 2 aromatic heterocycles. The highest BCUT2D eigenvalue weighted by Crippen LogP contribution is 2.49. The molecule has 9 nitrogen and oxygen atoms in total. The van der Waals surface area contributed by atoms with E-state index in [2.05, 4.69) is 46.2 Å². The minimum Gasteiger partial charge on any atom is -0.362 e. The number of rotatable bonds is 8. The van der Waals surface area contributed by atoms with Crippen molar-refractivity contribution < 1.29 is 0 Å². The van der Waals surface area contributed by atoms with Crippen molar-refractivity contribution in [3.63, 3.8) is 0 Å². The Hall–Kier alpha value is -3.46. The first-order chi connectivity index (χ1) is 16.5. The van der Waals surface area contributed by atoms with E-state index in [9.17, 15) is 10.5 Å². The van der Waals surface area contributed by atoms with Gasteiger partial charge in [0.25, 0.3) is 0 Å². The maximum absolute atomic E-state index is 9.93. The topological polar surface area (TPSA) is 109 Å². The minimum absolute atomic E-state index is 0.0568. The molecular weight excluding hydrogens is 438 g/mol. The van der Waals surface area contributed by atoms with E-state index in [-0.39, 0.29) is 11.0 Å². The molecule has 0 N–H and O–H groups in total. The van der Waals surface area contributed by atoms with Crippen LogP contribution in [0.1, 0.15) is 82.7 Å². The molecule has 0 radical (unpaired) electrons. The van der Waals surface area contributed by atoms with Crippen LogP contribution in [0.5, 0.6) is 0 Å². The van der Waals surface area contributed by atoms with Gasteiger partial charge in [-0.3, -0.25) is 0 Å². The highest BCUT2D eigenvalue weighted by Gasteiger charge is 2.51. The van der Waals surface area contributed by atoms with Crippen LogP contribution in [0.4, 0.5) is 23.1 Å². The van der Waals surface area contributed by atoms with Crippen LogP contribution in [0, 0.1) is 29.6 Å². The average molecular weight is 476 g/mol. The molecule has 3 heterocycles. The summed E-state index contributed by atoms with van der Waals surface area (Å²) in [5, 5.41) is 33.5. The summed E-state index contributed by atoms with van der Waals surface area (Å²) in [7, 11) is 5.55. The molecule has 2 aromatic rings. The summed E-state index contributed by atoms with van der Waals surface area (Å²) in [6.45, 7) is 13.3. The number of hydrogen-bond donors (Lipinski definition) is 0. The van der Waals surface area contributed by atoms with Crippen molar-refractivity contribution >= 4 is 23.1 Å². The monoisotopic (exact) mass is 475 g/mol. The second-order valence-electron chi connectivity index (χ2n) is 10.6. The van der Waals surface area contributed by atoms with Gasteiger partial charge in [-0.15, -0.1) is 10.2 Å². The van der Waals surface area contributed by atoms with Crippen LogP contribution in [-0.2, 0) is 12.5 Å². The Kier molecular flexibility index (Phi) is 7.21. The number of azo groups is 1. The third-order valence-corrected chi connectivity index (χ3v) is 6.83. The van der Waals surface area contributed by atoms with Crippen molar-refractivity contribution in [2.75, 3.05) is 30.4 Å². The zero-order valence-corrected chi connectivity index (χ0v) is 22.6. The van der Waals surface area contributed by atoms with Gasteiger partial charge in [-0.1, -0.05) is 47.5 Å². The van der Waals surface area contributed by atoms with Crippen molar-refractivity contribution in [2.45, 2.75) is 78.2 Å². The van der Waals surface area contributed by atoms with E-state index in [1.807, 2.05) is 46.7 Å². The van der Waals surface area contributed by atoms with Crippen molar-refractivity contribution in [1.82, 2.24) is 14.8 Å². The van der Waals surface area contributed by atoms with Gasteiger partial charge in [0.05, 0.1) is 16.8 Å². The van der Waals surface area contributed by atoms with E-state index < -0.39 is 0 Å². The Bertz CT molecular complexity index is 1220. The molecule has 186 valence electrons. The minimum atomic E-state index is -0.305. The first-order valence-corrected chi connectivity index (χ1v) is 12.2. The summed E-state index contributed by atoms with van der Waals surface area (Å²) < 4.78 is 1.60. The highest BCUT2D eigenvalue weighted by atomic mass is 15.4. The Balaban J connectivity index is 2.20. The molecule has 3 rings (SSSR count). The van der Waals surface area contributed by atoms with Gasteiger partial charge in [0, 0.05) is 38.7 Å². The van der Waals surface area contributed by atoms with Crippen molar-refractivity contribution in [2.24, 2.45) is 17.3 Å². The van der Waals surface area contributed by atoms with Crippen molar-refractivity contribution in [3.8, 4) is 12.1 Å². The zero-order valence-electron chi connectivity index (χ0n) is 22.6. The lowest BCUT2D eigenvalue weighted by molar-refractivity contribution is 0.540. The van der Waals surface area contributed by atoms with E-state index in [1.165, 1.54) is 0 Å². The Morgan fingerprint density at radius 2 is 1.77 bits per heavy atom. The van der Waals surface area contributed by atoms with E-state index in [0.29, 0.717) is 34.1 Å². The van der Waals surface area contributed by atoms with E-state index in [0.717, 1.165) is 43.6 Å². The first kappa shape index (κ1) is 26.2. The molecule has 1 saturated heterocycles. The summed E-state index contributed by atoms with van der Waals surface area (Å²) >= 11 is 0. The van der Waals surface area contributed by atoms with E-state index in [1.54, 1.807) is 11.7 Å². The summed E-state index contributed by atoms with van der Waals surface area (Å²) in [6, 6.07) is 4.57.